The summed E-state index contributed by atoms with van der Waals surface area (Å²) >= 11 is 0. The molecule has 0 spiro atoms. The van der Waals surface area contributed by atoms with E-state index in [0.717, 1.165) is 17.0 Å². The van der Waals surface area contributed by atoms with Crippen LogP contribution in [-0.2, 0) is 17.9 Å². The number of nitrogens with one attached hydrogen (secondary N) is 2. The van der Waals surface area contributed by atoms with Crippen molar-refractivity contribution in [1.82, 2.24) is 30.1 Å². The van der Waals surface area contributed by atoms with E-state index in [9.17, 15) is 4.79 Å². The summed E-state index contributed by atoms with van der Waals surface area (Å²) in [5.41, 5.74) is 1.90. The van der Waals surface area contributed by atoms with Gasteiger partial charge < -0.3 is 15.5 Å². The van der Waals surface area contributed by atoms with Crippen molar-refractivity contribution in [3.8, 4) is 0 Å². The lowest BCUT2D eigenvalue weighted by Crippen LogP contribution is -2.44. The first kappa shape index (κ1) is 22.6. The molecule has 8 nitrogen and oxygen atoms in total. The highest BCUT2D eigenvalue weighted by Crippen LogP contribution is 2.04. The molecule has 0 saturated heterocycles. The number of likely N-dealkylation sites (N-methyl/N-ethyl adjacent to an activating group) is 1. The number of guanidine groups is 1. The molecule has 0 atom stereocenters. The SMILES string of the molecule is CCN(Cc1ccccc1)C(=O)CNC(=NC)NCc1nnc2ccccn12.I. The maximum Gasteiger partial charge on any atom is 0.242 e. The Morgan fingerprint density at radius 3 is 2.59 bits per heavy atom. The molecule has 0 aliphatic rings. The summed E-state index contributed by atoms with van der Waals surface area (Å²) in [6.45, 7) is 3.83. The Hall–Kier alpha value is -2.69. The zero-order valence-corrected chi connectivity index (χ0v) is 18.9. The molecule has 1 aromatic carbocycles. The molecule has 2 heterocycles. The average Bonchev–Trinajstić information content (AvgIpc) is 3.16. The molecule has 0 aliphatic carbocycles. The van der Waals surface area contributed by atoms with Gasteiger partial charge in [-0.25, -0.2) is 0 Å². The van der Waals surface area contributed by atoms with E-state index >= 15 is 0 Å². The van der Waals surface area contributed by atoms with Gasteiger partial charge in [0.2, 0.25) is 5.91 Å². The number of benzene rings is 1. The number of halogens is 1. The van der Waals surface area contributed by atoms with Crippen LogP contribution in [0.2, 0.25) is 0 Å². The lowest BCUT2D eigenvalue weighted by molar-refractivity contribution is -0.130. The van der Waals surface area contributed by atoms with Gasteiger partial charge in [-0.15, -0.1) is 34.2 Å². The van der Waals surface area contributed by atoms with Gasteiger partial charge in [0.25, 0.3) is 0 Å². The molecule has 29 heavy (non-hydrogen) atoms. The molecule has 0 aliphatic heterocycles. The van der Waals surface area contributed by atoms with Gasteiger partial charge in [0, 0.05) is 26.3 Å². The lowest BCUT2D eigenvalue weighted by atomic mass is 10.2. The number of fused-ring (bicyclic) bond motifs is 1. The standard InChI is InChI=1S/C20H25N7O.HI/c1-3-26(15-16-9-5-4-6-10-16)19(28)14-23-20(21-2)22-13-18-25-24-17-11-7-8-12-27(17)18;/h4-12H,3,13-15H2,1-2H3,(H2,21,22,23);1H. The zero-order valence-electron chi connectivity index (χ0n) is 16.6. The largest absolute Gasteiger partial charge is 0.349 e. The number of nitrogens with zero attached hydrogens (tertiary/aromatic N) is 5. The van der Waals surface area contributed by atoms with E-state index in [-0.39, 0.29) is 36.4 Å². The number of aliphatic imine (C=N–C) groups is 1. The Balaban J connectivity index is 0.00000300. The number of aromatic nitrogens is 3. The molecular weight excluding hydrogens is 481 g/mol. The van der Waals surface area contributed by atoms with Gasteiger partial charge in [0.1, 0.15) is 0 Å². The highest BCUT2D eigenvalue weighted by molar-refractivity contribution is 14.0. The third-order valence-corrected chi connectivity index (χ3v) is 4.38. The summed E-state index contributed by atoms with van der Waals surface area (Å²) in [6, 6.07) is 15.7. The van der Waals surface area contributed by atoms with Crippen LogP contribution in [0.5, 0.6) is 0 Å². The van der Waals surface area contributed by atoms with Crippen molar-refractivity contribution < 1.29 is 4.79 Å². The topological polar surface area (TPSA) is 86.9 Å². The molecule has 154 valence electrons. The van der Waals surface area contributed by atoms with Crippen molar-refractivity contribution in [2.45, 2.75) is 20.0 Å². The molecule has 9 heteroatoms. The monoisotopic (exact) mass is 507 g/mol. The number of rotatable bonds is 7. The fourth-order valence-electron chi connectivity index (χ4n) is 2.85. The second-order valence-electron chi connectivity index (χ2n) is 6.22. The van der Waals surface area contributed by atoms with Crippen molar-refractivity contribution in [1.29, 1.82) is 0 Å². The first-order valence-electron chi connectivity index (χ1n) is 9.26. The highest BCUT2D eigenvalue weighted by Gasteiger charge is 2.13. The summed E-state index contributed by atoms with van der Waals surface area (Å²) in [6.07, 6.45) is 1.91. The summed E-state index contributed by atoms with van der Waals surface area (Å²) in [5.74, 6) is 1.32. The number of carbonyl (C=O) groups excluding carboxylic acids is 1. The zero-order chi connectivity index (χ0) is 19.8. The van der Waals surface area contributed by atoms with Gasteiger partial charge in [0.15, 0.2) is 17.4 Å². The van der Waals surface area contributed by atoms with Crippen LogP contribution >= 0.6 is 24.0 Å². The van der Waals surface area contributed by atoms with E-state index < -0.39 is 0 Å². The summed E-state index contributed by atoms with van der Waals surface area (Å²) in [4.78, 5) is 18.5. The van der Waals surface area contributed by atoms with Crippen LogP contribution in [0.1, 0.15) is 18.3 Å². The molecule has 1 amide bonds. The number of carbonyl (C=O) groups is 1. The first-order chi connectivity index (χ1) is 13.7. The molecule has 3 rings (SSSR count). The molecule has 0 unspecified atom stereocenters. The molecule has 0 bridgehead atoms. The van der Waals surface area contributed by atoms with Crippen LogP contribution in [0.15, 0.2) is 59.7 Å². The summed E-state index contributed by atoms with van der Waals surface area (Å²) in [5, 5.41) is 14.5. The van der Waals surface area contributed by atoms with Crippen molar-refractivity contribution in [3.05, 3.63) is 66.1 Å². The van der Waals surface area contributed by atoms with Crippen LogP contribution < -0.4 is 10.6 Å². The normalized spacial score (nSPS) is 11.0. The second-order valence-corrected chi connectivity index (χ2v) is 6.22. The predicted octanol–water partition coefficient (Wildman–Crippen LogP) is 2.06. The third-order valence-electron chi connectivity index (χ3n) is 4.38. The molecule has 0 fully saturated rings. The van der Waals surface area contributed by atoms with Gasteiger partial charge in [-0.05, 0) is 24.6 Å². The van der Waals surface area contributed by atoms with Gasteiger partial charge in [-0.3, -0.25) is 14.2 Å². The second kappa shape index (κ2) is 11.3. The Morgan fingerprint density at radius 1 is 1.10 bits per heavy atom. The van der Waals surface area contributed by atoms with Crippen LogP contribution in [0.4, 0.5) is 0 Å². The minimum absolute atomic E-state index is 0. The first-order valence-corrected chi connectivity index (χ1v) is 9.26. The lowest BCUT2D eigenvalue weighted by Gasteiger charge is -2.22. The Morgan fingerprint density at radius 2 is 1.86 bits per heavy atom. The predicted molar refractivity (Wildman–Crippen MR) is 124 cm³/mol. The van der Waals surface area contributed by atoms with Crippen LogP contribution in [0.3, 0.4) is 0 Å². The van der Waals surface area contributed by atoms with Gasteiger partial charge in [-0.2, -0.15) is 0 Å². The fraction of sp³-hybridized carbons (Fsp3) is 0.300. The van der Waals surface area contributed by atoms with Crippen LogP contribution in [0.25, 0.3) is 5.65 Å². The number of pyridine rings is 1. The Bertz CT molecular complexity index is 942. The van der Waals surface area contributed by atoms with Crippen molar-refractivity contribution >= 4 is 41.5 Å². The van der Waals surface area contributed by atoms with Crippen molar-refractivity contribution in [2.75, 3.05) is 20.1 Å². The molecule has 2 N–H and O–H groups in total. The molecule has 3 aromatic rings. The van der Waals surface area contributed by atoms with Gasteiger partial charge in [0.05, 0.1) is 13.1 Å². The molecule has 0 radical (unpaired) electrons. The average molecular weight is 507 g/mol. The van der Waals surface area contributed by atoms with E-state index in [4.69, 9.17) is 0 Å². The third kappa shape index (κ3) is 6.14. The van der Waals surface area contributed by atoms with E-state index in [0.29, 0.717) is 25.6 Å². The molecule has 2 aromatic heterocycles. The smallest absolute Gasteiger partial charge is 0.242 e. The Kier molecular flexibility index (Phi) is 8.84. The highest BCUT2D eigenvalue weighted by atomic mass is 127. The van der Waals surface area contributed by atoms with E-state index in [1.165, 1.54) is 0 Å². The van der Waals surface area contributed by atoms with Gasteiger partial charge in [-0.1, -0.05) is 36.4 Å². The van der Waals surface area contributed by atoms with Crippen LogP contribution in [0, 0.1) is 0 Å². The quantitative estimate of drug-likeness (QED) is 0.291. The fourth-order valence-corrected chi connectivity index (χ4v) is 2.85. The number of amides is 1. The minimum atomic E-state index is 0. The maximum atomic E-state index is 12.6. The number of hydrogen-bond donors (Lipinski definition) is 2. The maximum absolute atomic E-state index is 12.6. The summed E-state index contributed by atoms with van der Waals surface area (Å²) < 4.78 is 1.91. The molecule has 0 saturated carbocycles. The van der Waals surface area contributed by atoms with Crippen LogP contribution in [-0.4, -0.2) is 51.5 Å². The van der Waals surface area contributed by atoms with Crippen molar-refractivity contribution in [2.24, 2.45) is 4.99 Å². The summed E-state index contributed by atoms with van der Waals surface area (Å²) in [7, 11) is 1.67. The van der Waals surface area contributed by atoms with Crippen molar-refractivity contribution in [3.63, 3.8) is 0 Å². The van der Waals surface area contributed by atoms with E-state index in [2.05, 4.69) is 25.8 Å². The Labute approximate surface area is 187 Å². The number of hydrogen-bond acceptors (Lipinski definition) is 4. The van der Waals surface area contributed by atoms with E-state index in [1.807, 2.05) is 71.0 Å². The van der Waals surface area contributed by atoms with Gasteiger partial charge >= 0.3 is 0 Å². The van der Waals surface area contributed by atoms with E-state index in [1.54, 1.807) is 7.05 Å². The minimum Gasteiger partial charge on any atom is -0.349 e. The molecular formula is C20H26IN7O.